The molecule has 18 heavy (non-hydrogen) atoms. The second-order valence-electron chi connectivity index (χ2n) is 3.76. The molecule has 0 saturated carbocycles. The number of rotatable bonds is 3. The average molecular weight is 281 g/mol. The molecule has 0 aromatic heterocycles. The van der Waals surface area contributed by atoms with Crippen molar-refractivity contribution >= 4 is 29.0 Å². The first-order valence-electron chi connectivity index (χ1n) is 5.30. The van der Waals surface area contributed by atoms with Crippen LogP contribution in [-0.4, -0.2) is 5.78 Å². The number of hydrogen-bond acceptors (Lipinski definition) is 2. The van der Waals surface area contributed by atoms with E-state index in [1.54, 1.807) is 42.5 Å². The van der Waals surface area contributed by atoms with Gasteiger partial charge in [-0.15, -0.1) is 0 Å². The van der Waals surface area contributed by atoms with E-state index in [1.165, 1.54) is 6.92 Å². The first-order valence-corrected chi connectivity index (χ1v) is 6.06. The summed E-state index contributed by atoms with van der Waals surface area (Å²) >= 11 is 11.7. The Kier molecular flexibility index (Phi) is 3.90. The number of benzene rings is 2. The van der Waals surface area contributed by atoms with Gasteiger partial charge in [-0.25, -0.2) is 0 Å². The second kappa shape index (κ2) is 5.42. The summed E-state index contributed by atoms with van der Waals surface area (Å²) in [5, 5.41) is 0.922. The summed E-state index contributed by atoms with van der Waals surface area (Å²) in [5.74, 6) is 1.26. The molecule has 0 radical (unpaired) electrons. The van der Waals surface area contributed by atoms with Crippen molar-refractivity contribution in [1.29, 1.82) is 0 Å². The fourth-order valence-corrected chi connectivity index (χ4v) is 1.72. The summed E-state index contributed by atoms with van der Waals surface area (Å²) in [6.45, 7) is 1.52. The minimum absolute atomic E-state index is 0.0242. The van der Waals surface area contributed by atoms with Crippen LogP contribution in [0.25, 0.3) is 0 Å². The monoisotopic (exact) mass is 280 g/mol. The van der Waals surface area contributed by atoms with Crippen molar-refractivity contribution in [2.45, 2.75) is 6.92 Å². The fourth-order valence-electron chi connectivity index (χ4n) is 1.43. The van der Waals surface area contributed by atoms with E-state index in [9.17, 15) is 4.79 Å². The maximum absolute atomic E-state index is 11.1. The molecule has 2 nitrogen and oxygen atoms in total. The lowest BCUT2D eigenvalue weighted by atomic mass is 10.1. The minimum atomic E-state index is 0.0242. The molecule has 0 aliphatic carbocycles. The third-order valence-electron chi connectivity index (χ3n) is 2.39. The van der Waals surface area contributed by atoms with Crippen LogP contribution in [0.4, 0.5) is 0 Å². The van der Waals surface area contributed by atoms with Gasteiger partial charge in [-0.1, -0.05) is 23.2 Å². The number of ether oxygens (including phenoxy) is 1. The Labute approximate surface area is 115 Å². The first-order chi connectivity index (χ1) is 8.56. The molecule has 0 saturated heterocycles. The summed E-state index contributed by atoms with van der Waals surface area (Å²) in [5.41, 5.74) is 0.650. The quantitative estimate of drug-likeness (QED) is 0.741. The zero-order valence-corrected chi connectivity index (χ0v) is 11.1. The van der Waals surface area contributed by atoms with E-state index in [4.69, 9.17) is 27.9 Å². The van der Waals surface area contributed by atoms with Gasteiger partial charge in [0, 0.05) is 11.6 Å². The standard InChI is InChI=1S/C14H10Cl2O2/c1-9(17)10-2-4-11(5-3-10)18-12-6-7-13(15)14(16)8-12/h2-8H,1H3. The summed E-state index contributed by atoms with van der Waals surface area (Å²) < 4.78 is 5.59. The molecule has 0 unspecified atom stereocenters. The fraction of sp³-hybridized carbons (Fsp3) is 0.0714. The molecule has 0 aliphatic heterocycles. The molecule has 0 fully saturated rings. The number of hydrogen-bond donors (Lipinski definition) is 0. The van der Waals surface area contributed by atoms with Crippen LogP contribution < -0.4 is 4.74 Å². The molecule has 0 amide bonds. The van der Waals surface area contributed by atoms with Crippen molar-refractivity contribution in [1.82, 2.24) is 0 Å². The molecular formula is C14H10Cl2O2. The van der Waals surface area contributed by atoms with E-state index < -0.39 is 0 Å². The van der Waals surface area contributed by atoms with Gasteiger partial charge in [0.1, 0.15) is 11.5 Å². The van der Waals surface area contributed by atoms with E-state index >= 15 is 0 Å². The third-order valence-corrected chi connectivity index (χ3v) is 3.13. The molecular weight excluding hydrogens is 271 g/mol. The van der Waals surface area contributed by atoms with Crippen LogP contribution in [0.15, 0.2) is 42.5 Å². The highest BCUT2D eigenvalue weighted by atomic mass is 35.5. The molecule has 0 bridgehead atoms. The average Bonchev–Trinajstić information content (AvgIpc) is 2.34. The van der Waals surface area contributed by atoms with Crippen LogP contribution in [0, 0.1) is 0 Å². The highest BCUT2D eigenvalue weighted by Gasteiger charge is 2.03. The molecule has 0 heterocycles. The minimum Gasteiger partial charge on any atom is -0.457 e. The number of carbonyl (C=O) groups is 1. The zero-order valence-electron chi connectivity index (χ0n) is 9.61. The molecule has 2 aromatic carbocycles. The van der Waals surface area contributed by atoms with Crippen molar-refractivity contribution in [3.63, 3.8) is 0 Å². The van der Waals surface area contributed by atoms with Gasteiger partial charge >= 0.3 is 0 Å². The van der Waals surface area contributed by atoms with E-state index in [0.717, 1.165) is 0 Å². The normalized spacial score (nSPS) is 10.2. The third kappa shape index (κ3) is 3.03. The summed E-state index contributed by atoms with van der Waals surface area (Å²) in [6, 6.07) is 11.9. The SMILES string of the molecule is CC(=O)c1ccc(Oc2ccc(Cl)c(Cl)c2)cc1. The predicted octanol–water partition coefficient (Wildman–Crippen LogP) is 4.99. The summed E-state index contributed by atoms with van der Waals surface area (Å²) in [6.07, 6.45) is 0. The van der Waals surface area contributed by atoms with Crippen LogP contribution in [0.1, 0.15) is 17.3 Å². The summed E-state index contributed by atoms with van der Waals surface area (Å²) in [4.78, 5) is 11.1. The highest BCUT2D eigenvalue weighted by Crippen LogP contribution is 2.29. The Hall–Kier alpha value is -1.51. The zero-order chi connectivity index (χ0) is 13.1. The van der Waals surface area contributed by atoms with Crippen LogP contribution in [0.5, 0.6) is 11.5 Å². The Balaban J connectivity index is 2.18. The number of Topliss-reactive ketones (excluding diaryl/α,β-unsaturated/α-hetero) is 1. The molecule has 0 spiro atoms. The van der Waals surface area contributed by atoms with Gasteiger partial charge in [-0.05, 0) is 43.3 Å². The van der Waals surface area contributed by atoms with Crippen molar-refractivity contribution in [2.24, 2.45) is 0 Å². The van der Waals surface area contributed by atoms with Crippen LogP contribution in [-0.2, 0) is 0 Å². The lowest BCUT2D eigenvalue weighted by Gasteiger charge is -2.07. The van der Waals surface area contributed by atoms with Gasteiger partial charge in [0.15, 0.2) is 5.78 Å². The van der Waals surface area contributed by atoms with Gasteiger partial charge < -0.3 is 4.74 Å². The Bertz CT molecular complexity index is 577. The number of carbonyl (C=O) groups excluding carboxylic acids is 1. The smallest absolute Gasteiger partial charge is 0.159 e. The number of ketones is 1. The van der Waals surface area contributed by atoms with Crippen LogP contribution in [0.3, 0.4) is 0 Å². The molecule has 0 aliphatic rings. The largest absolute Gasteiger partial charge is 0.457 e. The lowest BCUT2D eigenvalue weighted by molar-refractivity contribution is 0.101. The molecule has 2 aromatic rings. The maximum atomic E-state index is 11.1. The number of halogens is 2. The molecule has 4 heteroatoms. The summed E-state index contributed by atoms with van der Waals surface area (Å²) in [7, 11) is 0. The van der Waals surface area contributed by atoms with E-state index in [1.807, 2.05) is 0 Å². The van der Waals surface area contributed by atoms with Crippen molar-refractivity contribution in [2.75, 3.05) is 0 Å². The maximum Gasteiger partial charge on any atom is 0.159 e. The van der Waals surface area contributed by atoms with Crippen molar-refractivity contribution < 1.29 is 9.53 Å². The Morgan fingerprint density at radius 2 is 1.56 bits per heavy atom. The van der Waals surface area contributed by atoms with Crippen molar-refractivity contribution in [3.05, 3.63) is 58.1 Å². The molecule has 0 N–H and O–H groups in total. The van der Waals surface area contributed by atoms with Gasteiger partial charge in [-0.3, -0.25) is 4.79 Å². The van der Waals surface area contributed by atoms with Gasteiger partial charge in [0.05, 0.1) is 10.0 Å². The Morgan fingerprint density at radius 1 is 0.944 bits per heavy atom. The lowest BCUT2D eigenvalue weighted by Crippen LogP contribution is -1.91. The van der Waals surface area contributed by atoms with Crippen molar-refractivity contribution in [3.8, 4) is 11.5 Å². The van der Waals surface area contributed by atoms with Gasteiger partial charge in [0.25, 0.3) is 0 Å². The molecule has 0 atom stereocenters. The van der Waals surface area contributed by atoms with E-state index in [-0.39, 0.29) is 5.78 Å². The first kappa shape index (κ1) is 12.9. The Morgan fingerprint density at radius 3 is 2.11 bits per heavy atom. The second-order valence-corrected chi connectivity index (χ2v) is 4.57. The topological polar surface area (TPSA) is 26.3 Å². The molecule has 2 rings (SSSR count). The predicted molar refractivity (Wildman–Crippen MR) is 73.0 cm³/mol. The van der Waals surface area contributed by atoms with Gasteiger partial charge in [0.2, 0.25) is 0 Å². The highest BCUT2D eigenvalue weighted by molar-refractivity contribution is 6.42. The molecule has 92 valence electrons. The van der Waals surface area contributed by atoms with Gasteiger partial charge in [-0.2, -0.15) is 0 Å². The van der Waals surface area contributed by atoms with E-state index in [0.29, 0.717) is 27.1 Å². The van der Waals surface area contributed by atoms with E-state index in [2.05, 4.69) is 0 Å². The van der Waals surface area contributed by atoms with Crippen LogP contribution in [0.2, 0.25) is 10.0 Å². The van der Waals surface area contributed by atoms with Crippen LogP contribution >= 0.6 is 23.2 Å².